The van der Waals surface area contributed by atoms with Crippen LogP contribution in [0.3, 0.4) is 0 Å². The van der Waals surface area contributed by atoms with Crippen molar-refractivity contribution in [2.45, 2.75) is 6.54 Å². The maximum atomic E-state index is 11.3. The molecule has 1 aliphatic heterocycles. The molecule has 0 unspecified atom stereocenters. The quantitative estimate of drug-likeness (QED) is 0.215. The maximum absolute atomic E-state index is 11.3. The molecule has 5 N–H and O–H groups in total. The van der Waals surface area contributed by atoms with Crippen LogP contribution in [0.25, 0.3) is 20.5 Å². The van der Waals surface area contributed by atoms with Crippen LogP contribution >= 0.6 is 11.3 Å². The largest absolute Gasteiger partial charge is 0.398 e. The molecule has 0 radical (unpaired) electrons. The molecule has 186 valence electrons. The van der Waals surface area contributed by atoms with Crippen LogP contribution in [0.15, 0.2) is 61.1 Å². The lowest BCUT2D eigenvalue weighted by Gasteiger charge is -2.32. The average Bonchev–Trinajstić information content (AvgIpc) is 3.35. The number of nitrogens with zero attached hydrogens (tertiary/aromatic N) is 4. The van der Waals surface area contributed by atoms with Crippen molar-refractivity contribution in [2.24, 2.45) is 5.73 Å². The Morgan fingerprint density at radius 2 is 1.92 bits per heavy atom. The number of anilines is 3. The zero-order valence-electron chi connectivity index (χ0n) is 20.1. The number of carbonyl (C=O) groups excluding carboxylic acids is 2. The summed E-state index contributed by atoms with van der Waals surface area (Å²) in [6, 6.07) is 13.5. The minimum atomic E-state index is -0.708. The van der Waals surface area contributed by atoms with Gasteiger partial charge in [0.15, 0.2) is 0 Å². The third-order valence-corrected chi connectivity index (χ3v) is 7.08. The van der Waals surface area contributed by atoms with Crippen molar-refractivity contribution < 1.29 is 9.59 Å². The highest BCUT2D eigenvalue weighted by atomic mass is 32.1. The van der Waals surface area contributed by atoms with E-state index in [1.54, 1.807) is 35.9 Å². The normalized spacial score (nSPS) is 13.7. The lowest BCUT2D eigenvalue weighted by Crippen LogP contribution is -2.44. The summed E-state index contributed by atoms with van der Waals surface area (Å²) in [7, 11) is 2.15. The Morgan fingerprint density at radius 1 is 1.14 bits per heavy atom. The van der Waals surface area contributed by atoms with Crippen LogP contribution in [0.2, 0.25) is 0 Å². The number of likely N-dealkylation sites (N-methyl/N-ethyl adjacent to an activating group) is 1. The van der Waals surface area contributed by atoms with Crippen LogP contribution in [0, 0.1) is 0 Å². The van der Waals surface area contributed by atoms with E-state index in [1.807, 2.05) is 30.5 Å². The number of carbonyl (C=O) groups is 2. The number of amides is 1. The van der Waals surface area contributed by atoms with E-state index in [0.717, 1.165) is 58.1 Å². The first-order valence-electron chi connectivity index (χ1n) is 11.6. The van der Waals surface area contributed by atoms with Crippen molar-refractivity contribution in [3.05, 3.63) is 66.6 Å². The highest BCUT2D eigenvalue weighted by Crippen LogP contribution is 2.39. The number of hydrogen-bond acceptors (Lipinski definition) is 9. The fourth-order valence-electron chi connectivity index (χ4n) is 3.93. The fourth-order valence-corrected chi connectivity index (χ4v) is 5.03. The fraction of sp³-hybridized carbons (Fsp3) is 0.231. The number of nitrogen functional groups attached to an aromatic ring is 1. The van der Waals surface area contributed by atoms with Gasteiger partial charge in [0, 0.05) is 71.6 Å². The first-order chi connectivity index (χ1) is 17.5. The van der Waals surface area contributed by atoms with E-state index >= 15 is 0 Å². The van der Waals surface area contributed by atoms with E-state index in [2.05, 4.69) is 38.2 Å². The van der Waals surface area contributed by atoms with E-state index in [0.29, 0.717) is 11.4 Å². The molecule has 0 atom stereocenters. The van der Waals surface area contributed by atoms with Gasteiger partial charge in [0.2, 0.25) is 6.29 Å². The minimum absolute atomic E-state index is 0.234. The number of fused-ring (bicyclic) bond motifs is 1. The predicted octanol–water partition coefficient (Wildman–Crippen LogP) is 2.98. The number of nitrogens with one attached hydrogen (secondary N) is 1. The van der Waals surface area contributed by atoms with Crippen molar-refractivity contribution in [1.29, 1.82) is 0 Å². The summed E-state index contributed by atoms with van der Waals surface area (Å²) < 4.78 is 1.15. The number of benzene rings is 2. The molecule has 1 saturated heterocycles. The highest BCUT2D eigenvalue weighted by Gasteiger charge is 2.15. The molecular weight excluding hydrogens is 474 g/mol. The van der Waals surface area contributed by atoms with E-state index in [4.69, 9.17) is 11.5 Å². The van der Waals surface area contributed by atoms with Crippen molar-refractivity contribution in [2.75, 3.05) is 49.2 Å². The van der Waals surface area contributed by atoms with Crippen molar-refractivity contribution in [1.82, 2.24) is 14.9 Å². The molecule has 10 heteroatoms. The van der Waals surface area contributed by atoms with Crippen LogP contribution in [0.1, 0.15) is 5.56 Å². The SMILES string of the molecule is CN1CCN(c2cnccn2)CC1.NCc1cc(NC(=O)C=O)cc(-c2cc3ccccc3s2)c1N. The molecule has 2 aromatic carbocycles. The van der Waals surface area contributed by atoms with Crippen LogP contribution in [0.5, 0.6) is 0 Å². The summed E-state index contributed by atoms with van der Waals surface area (Å²) in [4.78, 5) is 35.8. The van der Waals surface area contributed by atoms with E-state index in [1.165, 1.54) is 0 Å². The Hall–Kier alpha value is -3.86. The topological polar surface area (TPSA) is 130 Å². The van der Waals surface area contributed by atoms with Crippen LogP contribution in [-0.4, -0.2) is 60.3 Å². The van der Waals surface area contributed by atoms with Gasteiger partial charge in [0.05, 0.1) is 6.20 Å². The number of rotatable bonds is 5. The summed E-state index contributed by atoms with van der Waals surface area (Å²) in [6.07, 6.45) is 5.51. The van der Waals surface area contributed by atoms with E-state index < -0.39 is 5.91 Å². The number of nitrogens with two attached hydrogens (primary N) is 2. The number of aromatic nitrogens is 2. The Labute approximate surface area is 213 Å². The molecule has 9 nitrogen and oxygen atoms in total. The zero-order chi connectivity index (χ0) is 25.5. The molecule has 1 amide bonds. The second-order valence-corrected chi connectivity index (χ2v) is 9.49. The van der Waals surface area contributed by atoms with Gasteiger partial charge in [-0.1, -0.05) is 18.2 Å². The lowest BCUT2D eigenvalue weighted by molar-refractivity contribution is -0.127. The summed E-state index contributed by atoms with van der Waals surface area (Å²) >= 11 is 1.61. The number of thiophene rings is 1. The molecule has 2 aromatic heterocycles. The molecule has 0 bridgehead atoms. The van der Waals surface area contributed by atoms with Crippen LogP contribution in [0.4, 0.5) is 17.2 Å². The molecule has 3 heterocycles. The van der Waals surface area contributed by atoms with Gasteiger partial charge in [-0.2, -0.15) is 0 Å². The second-order valence-electron chi connectivity index (χ2n) is 8.41. The molecule has 1 fully saturated rings. The number of piperazine rings is 1. The van der Waals surface area contributed by atoms with Crippen LogP contribution in [-0.2, 0) is 16.1 Å². The van der Waals surface area contributed by atoms with Gasteiger partial charge in [-0.25, -0.2) is 4.98 Å². The highest BCUT2D eigenvalue weighted by molar-refractivity contribution is 7.22. The third-order valence-electron chi connectivity index (χ3n) is 5.93. The molecule has 36 heavy (non-hydrogen) atoms. The van der Waals surface area contributed by atoms with Gasteiger partial charge >= 0.3 is 0 Å². The molecule has 0 spiro atoms. The minimum Gasteiger partial charge on any atom is -0.398 e. The van der Waals surface area contributed by atoms with Gasteiger partial charge in [0.25, 0.3) is 5.91 Å². The van der Waals surface area contributed by atoms with Gasteiger partial charge in [-0.15, -0.1) is 11.3 Å². The summed E-state index contributed by atoms with van der Waals surface area (Å²) in [6.45, 7) is 4.56. The number of hydrogen-bond donors (Lipinski definition) is 3. The average molecular weight is 504 g/mol. The van der Waals surface area contributed by atoms with Crippen molar-refractivity contribution >= 4 is 50.8 Å². The standard InChI is InChI=1S/C17H15N3O2S.C9H14N4/c18-8-11-5-12(20-16(22)9-21)7-13(17(11)19)15-6-10-3-1-2-4-14(10)23-15;1-12-4-6-13(7-5-12)9-8-10-2-3-11-9/h1-7,9H,8,18-19H2,(H,20,22);2-3,8H,4-7H2,1H3. The Morgan fingerprint density at radius 3 is 2.58 bits per heavy atom. The van der Waals surface area contributed by atoms with Crippen molar-refractivity contribution in [3.8, 4) is 10.4 Å². The third kappa shape index (κ3) is 6.03. The van der Waals surface area contributed by atoms with E-state index in [9.17, 15) is 9.59 Å². The van der Waals surface area contributed by atoms with Crippen LogP contribution < -0.4 is 21.7 Å². The molecule has 5 rings (SSSR count). The molecule has 0 aliphatic carbocycles. The maximum Gasteiger partial charge on any atom is 0.288 e. The Bertz CT molecular complexity index is 1300. The number of aldehydes is 1. The monoisotopic (exact) mass is 503 g/mol. The van der Waals surface area contributed by atoms with E-state index in [-0.39, 0.29) is 12.8 Å². The first kappa shape index (κ1) is 25.2. The first-order valence-corrected chi connectivity index (χ1v) is 12.4. The second kappa shape index (κ2) is 11.7. The smallest absolute Gasteiger partial charge is 0.288 e. The summed E-state index contributed by atoms with van der Waals surface area (Å²) in [5, 5.41) is 3.65. The molecule has 1 aliphatic rings. The lowest BCUT2D eigenvalue weighted by atomic mass is 10.0. The Kier molecular flexibility index (Phi) is 8.21. The van der Waals surface area contributed by atoms with Gasteiger partial charge in [0.1, 0.15) is 5.82 Å². The summed E-state index contributed by atoms with van der Waals surface area (Å²) in [5.41, 5.74) is 14.6. The summed E-state index contributed by atoms with van der Waals surface area (Å²) in [5.74, 6) is 0.288. The molecule has 0 saturated carbocycles. The van der Waals surface area contributed by atoms with Gasteiger partial charge in [-0.05, 0) is 42.3 Å². The molecular formula is C26H29N7O2S. The van der Waals surface area contributed by atoms with Crippen molar-refractivity contribution in [3.63, 3.8) is 0 Å². The van der Waals surface area contributed by atoms with Gasteiger partial charge in [-0.3, -0.25) is 14.6 Å². The zero-order valence-corrected chi connectivity index (χ0v) is 20.9. The molecule has 4 aromatic rings. The van der Waals surface area contributed by atoms with Gasteiger partial charge < -0.3 is 26.6 Å². The predicted molar refractivity (Wildman–Crippen MR) is 146 cm³/mol. The Balaban J connectivity index is 0.000000197.